The Balaban J connectivity index is 2.47. The molecule has 7 nitrogen and oxygen atoms in total. The highest BCUT2D eigenvalue weighted by Gasteiger charge is 2.21. The predicted octanol–water partition coefficient (Wildman–Crippen LogP) is 2.53. The molecule has 3 aromatic rings. The second-order valence-corrected chi connectivity index (χ2v) is 5.14. The highest BCUT2D eigenvalue weighted by atomic mass is 16.5. The second-order valence-electron chi connectivity index (χ2n) is 5.14. The van der Waals surface area contributed by atoms with E-state index in [2.05, 4.69) is 0 Å². The van der Waals surface area contributed by atoms with Gasteiger partial charge in [0.2, 0.25) is 5.43 Å². The van der Waals surface area contributed by atoms with Gasteiger partial charge in [-0.1, -0.05) is 6.07 Å². The van der Waals surface area contributed by atoms with Crippen LogP contribution in [-0.2, 0) is 9.47 Å². The first-order valence-corrected chi connectivity index (χ1v) is 7.26. The summed E-state index contributed by atoms with van der Waals surface area (Å²) in [6, 6.07) is 7.39. The molecule has 0 radical (unpaired) electrons. The summed E-state index contributed by atoms with van der Waals surface area (Å²) < 4.78 is 20.4. The number of ether oxygens (including phenoxy) is 3. The molecule has 0 spiro atoms. The van der Waals surface area contributed by atoms with Crippen molar-refractivity contribution < 1.29 is 28.2 Å². The molecule has 0 atom stereocenters. The van der Waals surface area contributed by atoms with Gasteiger partial charge in [0.1, 0.15) is 22.3 Å². The lowest BCUT2D eigenvalue weighted by Crippen LogP contribution is -2.12. The molecule has 3 rings (SSSR count). The third-order valence-corrected chi connectivity index (χ3v) is 3.81. The summed E-state index contributed by atoms with van der Waals surface area (Å²) in [5.74, 6) is -1.10. The molecule has 128 valence electrons. The molecule has 1 heterocycles. The smallest absolute Gasteiger partial charge is 0.338 e. The maximum Gasteiger partial charge on any atom is 0.338 e. The van der Waals surface area contributed by atoms with Crippen molar-refractivity contribution in [1.29, 1.82) is 0 Å². The Kier molecular flexibility index (Phi) is 4.14. The third-order valence-electron chi connectivity index (χ3n) is 3.81. The van der Waals surface area contributed by atoms with Crippen LogP contribution < -0.4 is 10.2 Å². The van der Waals surface area contributed by atoms with Crippen LogP contribution in [0.5, 0.6) is 5.75 Å². The maximum absolute atomic E-state index is 13.0. The van der Waals surface area contributed by atoms with E-state index in [4.69, 9.17) is 18.6 Å². The minimum atomic E-state index is -0.651. The lowest BCUT2D eigenvalue weighted by molar-refractivity contribution is 0.0593. The number of hydrogen-bond donors (Lipinski definition) is 0. The van der Waals surface area contributed by atoms with Gasteiger partial charge in [0.15, 0.2) is 0 Å². The molecule has 0 aliphatic carbocycles. The van der Waals surface area contributed by atoms with E-state index in [9.17, 15) is 14.4 Å². The van der Waals surface area contributed by atoms with E-state index < -0.39 is 17.4 Å². The average molecular weight is 342 g/mol. The van der Waals surface area contributed by atoms with Gasteiger partial charge in [0.05, 0.1) is 37.8 Å². The molecule has 0 aliphatic heterocycles. The lowest BCUT2D eigenvalue weighted by atomic mass is 10.0. The van der Waals surface area contributed by atoms with Crippen LogP contribution in [0.1, 0.15) is 20.7 Å². The second kappa shape index (κ2) is 6.27. The first kappa shape index (κ1) is 16.5. The quantitative estimate of drug-likeness (QED) is 0.533. The fraction of sp³-hybridized carbons (Fsp3) is 0.167. The van der Waals surface area contributed by atoms with Gasteiger partial charge in [-0.15, -0.1) is 0 Å². The fourth-order valence-corrected chi connectivity index (χ4v) is 2.66. The maximum atomic E-state index is 13.0. The SMILES string of the molecule is COC(=O)c1cc(OC)c2c(=O)c3c(C(=O)OC)cccc3oc2c1. The number of carbonyl (C=O) groups is 2. The van der Waals surface area contributed by atoms with E-state index in [-0.39, 0.29) is 38.8 Å². The minimum Gasteiger partial charge on any atom is -0.496 e. The van der Waals surface area contributed by atoms with Gasteiger partial charge in [0.25, 0.3) is 0 Å². The summed E-state index contributed by atoms with van der Waals surface area (Å²) in [4.78, 5) is 36.8. The third kappa shape index (κ3) is 2.59. The number of carbonyl (C=O) groups excluding carboxylic acids is 2. The molecule has 0 N–H and O–H groups in total. The number of esters is 2. The predicted molar refractivity (Wildman–Crippen MR) is 89.2 cm³/mol. The monoisotopic (exact) mass is 342 g/mol. The summed E-state index contributed by atoms with van der Waals surface area (Å²) in [7, 11) is 3.84. The van der Waals surface area contributed by atoms with Crippen LogP contribution in [-0.4, -0.2) is 33.3 Å². The molecule has 0 unspecified atom stereocenters. The van der Waals surface area contributed by atoms with E-state index in [1.54, 1.807) is 12.1 Å². The average Bonchev–Trinajstić information content (AvgIpc) is 2.65. The summed E-state index contributed by atoms with van der Waals surface area (Å²) in [6.45, 7) is 0. The summed E-state index contributed by atoms with van der Waals surface area (Å²) in [6.07, 6.45) is 0. The van der Waals surface area contributed by atoms with Gasteiger partial charge in [-0.25, -0.2) is 9.59 Å². The highest BCUT2D eigenvalue weighted by Crippen LogP contribution is 2.29. The Morgan fingerprint density at radius 2 is 1.64 bits per heavy atom. The van der Waals surface area contributed by atoms with Crippen LogP contribution in [0.15, 0.2) is 39.5 Å². The molecule has 0 saturated heterocycles. The molecular formula is C18H14O7. The van der Waals surface area contributed by atoms with Crippen molar-refractivity contribution in [3.05, 3.63) is 51.7 Å². The van der Waals surface area contributed by atoms with E-state index in [1.165, 1.54) is 39.5 Å². The van der Waals surface area contributed by atoms with Gasteiger partial charge >= 0.3 is 11.9 Å². The summed E-state index contributed by atoms with van der Waals surface area (Å²) in [5, 5.41) is 0.213. The van der Waals surface area contributed by atoms with Crippen LogP contribution in [0, 0.1) is 0 Å². The number of benzene rings is 2. The standard InChI is InChI=1S/C18H14O7/c1-22-12-7-9(17(20)23-2)8-13-15(12)16(19)14-10(18(21)24-3)5-4-6-11(14)25-13/h4-8H,1-3H3. The molecule has 1 aromatic heterocycles. The normalized spacial score (nSPS) is 10.7. The van der Waals surface area contributed by atoms with Gasteiger partial charge in [-0.05, 0) is 24.3 Å². The molecule has 25 heavy (non-hydrogen) atoms. The zero-order valence-corrected chi connectivity index (χ0v) is 13.7. The van der Waals surface area contributed by atoms with Crippen LogP contribution in [0.2, 0.25) is 0 Å². The molecule has 0 bridgehead atoms. The zero-order chi connectivity index (χ0) is 18.1. The Morgan fingerprint density at radius 1 is 0.920 bits per heavy atom. The molecule has 2 aromatic carbocycles. The minimum absolute atomic E-state index is 0.0889. The molecule has 0 amide bonds. The van der Waals surface area contributed by atoms with E-state index in [1.807, 2.05) is 0 Å². The van der Waals surface area contributed by atoms with Gasteiger partial charge in [0, 0.05) is 0 Å². The van der Waals surface area contributed by atoms with Gasteiger partial charge in [-0.2, -0.15) is 0 Å². The van der Waals surface area contributed by atoms with Crippen LogP contribution >= 0.6 is 0 Å². The first-order valence-electron chi connectivity index (χ1n) is 7.26. The van der Waals surface area contributed by atoms with Crippen molar-refractivity contribution >= 4 is 33.9 Å². The number of fused-ring (bicyclic) bond motifs is 2. The molecular weight excluding hydrogens is 328 g/mol. The van der Waals surface area contributed by atoms with E-state index in [0.29, 0.717) is 0 Å². The highest BCUT2D eigenvalue weighted by molar-refractivity contribution is 6.07. The van der Waals surface area contributed by atoms with E-state index >= 15 is 0 Å². The molecule has 0 fully saturated rings. The number of methoxy groups -OCH3 is 3. The van der Waals surface area contributed by atoms with Crippen molar-refractivity contribution in [2.24, 2.45) is 0 Å². The Hall–Kier alpha value is -3.35. The van der Waals surface area contributed by atoms with Crippen LogP contribution in [0.4, 0.5) is 0 Å². The van der Waals surface area contributed by atoms with Crippen molar-refractivity contribution in [1.82, 2.24) is 0 Å². The molecule has 0 aliphatic rings. The summed E-state index contributed by atoms with van der Waals surface area (Å²) >= 11 is 0. The molecule has 0 saturated carbocycles. The lowest BCUT2D eigenvalue weighted by Gasteiger charge is -2.10. The fourth-order valence-electron chi connectivity index (χ4n) is 2.66. The topological polar surface area (TPSA) is 92.0 Å². The van der Waals surface area contributed by atoms with Crippen molar-refractivity contribution in [3.8, 4) is 5.75 Å². The van der Waals surface area contributed by atoms with Gasteiger partial charge < -0.3 is 18.6 Å². The van der Waals surface area contributed by atoms with Crippen molar-refractivity contribution in [3.63, 3.8) is 0 Å². The molecule has 7 heteroatoms. The number of hydrogen-bond acceptors (Lipinski definition) is 7. The number of rotatable bonds is 3. The Bertz CT molecular complexity index is 1060. The van der Waals surface area contributed by atoms with Crippen LogP contribution in [0.3, 0.4) is 0 Å². The first-order chi connectivity index (χ1) is 12.0. The van der Waals surface area contributed by atoms with Gasteiger partial charge in [-0.3, -0.25) is 4.79 Å². The largest absolute Gasteiger partial charge is 0.496 e. The van der Waals surface area contributed by atoms with Crippen molar-refractivity contribution in [2.45, 2.75) is 0 Å². The Morgan fingerprint density at radius 3 is 2.28 bits per heavy atom. The zero-order valence-electron chi connectivity index (χ0n) is 13.7. The van der Waals surface area contributed by atoms with Crippen LogP contribution in [0.25, 0.3) is 21.9 Å². The Labute approximate surface area is 141 Å². The summed E-state index contributed by atoms with van der Waals surface area (Å²) in [5.41, 5.74) is 0.169. The van der Waals surface area contributed by atoms with E-state index in [0.717, 1.165) is 0 Å². The van der Waals surface area contributed by atoms with Crippen molar-refractivity contribution in [2.75, 3.05) is 21.3 Å².